The molecule has 0 radical (unpaired) electrons. The number of piperidine rings is 1. The molecule has 2 fully saturated rings. The summed E-state index contributed by atoms with van der Waals surface area (Å²) in [5.74, 6) is -1.21. The van der Waals surface area contributed by atoms with Crippen molar-refractivity contribution in [3.63, 3.8) is 0 Å². The number of hydrogen-bond acceptors (Lipinski definition) is 4. The van der Waals surface area contributed by atoms with Crippen LogP contribution in [0.2, 0.25) is 0 Å². The van der Waals surface area contributed by atoms with E-state index >= 15 is 0 Å². The van der Waals surface area contributed by atoms with Crippen LogP contribution in [-0.4, -0.2) is 58.5 Å². The zero-order valence-electron chi connectivity index (χ0n) is 16.0. The molecule has 0 aliphatic carbocycles. The Morgan fingerprint density at radius 1 is 0.966 bits per heavy atom. The molecular formula is C22H24N2O5. The number of amides is 1. The third-order valence-electron chi connectivity index (χ3n) is 6.00. The highest BCUT2D eigenvalue weighted by Crippen LogP contribution is 2.33. The lowest BCUT2D eigenvalue weighted by Crippen LogP contribution is -2.43. The van der Waals surface area contributed by atoms with Crippen LogP contribution in [0, 0.1) is 11.8 Å². The van der Waals surface area contributed by atoms with Crippen molar-refractivity contribution in [3.05, 3.63) is 59.4 Å². The lowest BCUT2D eigenvalue weighted by atomic mass is 9.84. The highest BCUT2D eigenvalue weighted by molar-refractivity contribution is 6.09. The van der Waals surface area contributed by atoms with E-state index in [9.17, 15) is 19.5 Å². The number of carbonyl (C=O) groups is 3. The maximum atomic E-state index is 12.8. The van der Waals surface area contributed by atoms with E-state index in [0.717, 1.165) is 12.8 Å². The lowest BCUT2D eigenvalue weighted by Gasteiger charge is -2.35. The van der Waals surface area contributed by atoms with Crippen molar-refractivity contribution in [1.82, 2.24) is 9.88 Å². The van der Waals surface area contributed by atoms with Gasteiger partial charge in [0.25, 0.3) is 5.91 Å². The number of aliphatic carboxylic acids is 1. The average Bonchev–Trinajstić information content (AvgIpc) is 3.45. The smallest absolute Gasteiger partial charge is 0.309 e. The molecule has 29 heavy (non-hydrogen) atoms. The van der Waals surface area contributed by atoms with Gasteiger partial charge in [-0.05, 0) is 43.4 Å². The number of aromatic amines is 1. The quantitative estimate of drug-likeness (QED) is 0.757. The molecule has 2 saturated heterocycles. The number of ketones is 1. The molecule has 0 spiro atoms. The minimum atomic E-state index is -0.791. The van der Waals surface area contributed by atoms with Gasteiger partial charge in [-0.15, -0.1) is 0 Å². The molecule has 2 atom stereocenters. The van der Waals surface area contributed by atoms with E-state index in [1.807, 2.05) is 0 Å². The fourth-order valence-electron chi connectivity index (χ4n) is 4.35. The van der Waals surface area contributed by atoms with E-state index in [-0.39, 0.29) is 23.7 Å². The van der Waals surface area contributed by atoms with Crippen molar-refractivity contribution in [3.8, 4) is 0 Å². The van der Waals surface area contributed by atoms with E-state index < -0.39 is 11.9 Å². The average molecular weight is 396 g/mol. The van der Waals surface area contributed by atoms with E-state index in [4.69, 9.17) is 4.74 Å². The van der Waals surface area contributed by atoms with Crippen molar-refractivity contribution in [2.24, 2.45) is 11.8 Å². The van der Waals surface area contributed by atoms with Crippen LogP contribution in [-0.2, 0) is 9.53 Å². The summed E-state index contributed by atoms with van der Waals surface area (Å²) < 4.78 is 5.69. The molecule has 0 bridgehead atoms. The third-order valence-corrected chi connectivity index (χ3v) is 6.00. The second-order valence-electron chi connectivity index (χ2n) is 7.70. The molecule has 1 aromatic heterocycles. The van der Waals surface area contributed by atoms with Gasteiger partial charge in [0.2, 0.25) is 0 Å². The normalized spacial score (nSPS) is 22.6. The summed E-state index contributed by atoms with van der Waals surface area (Å²) in [6, 6.07) is 8.45. The van der Waals surface area contributed by atoms with Crippen molar-refractivity contribution in [1.29, 1.82) is 0 Å². The molecule has 2 aromatic rings. The number of carbonyl (C=O) groups excluding carboxylic acids is 2. The number of carboxylic acid groups (broad SMARTS) is 1. The zero-order valence-corrected chi connectivity index (χ0v) is 16.0. The van der Waals surface area contributed by atoms with E-state index in [0.29, 0.717) is 42.8 Å². The molecule has 1 amide bonds. The largest absolute Gasteiger partial charge is 0.481 e. The molecule has 2 aliphatic heterocycles. The summed E-state index contributed by atoms with van der Waals surface area (Å²) in [6.07, 6.45) is 5.14. The van der Waals surface area contributed by atoms with Crippen LogP contribution in [0.25, 0.3) is 0 Å². The van der Waals surface area contributed by atoms with Gasteiger partial charge < -0.3 is 19.7 Å². The number of nitrogens with one attached hydrogen (secondary N) is 1. The number of nitrogens with zero attached hydrogens (tertiary/aromatic N) is 1. The van der Waals surface area contributed by atoms with Crippen LogP contribution in [0.5, 0.6) is 0 Å². The lowest BCUT2D eigenvalue weighted by molar-refractivity contribution is -0.145. The predicted octanol–water partition coefficient (Wildman–Crippen LogP) is 2.59. The van der Waals surface area contributed by atoms with Crippen molar-refractivity contribution in [2.75, 3.05) is 19.7 Å². The first-order chi connectivity index (χ1) is 14.0. The van der Waals surface area contributed by atoms with Gasteiger partial charge in [-0.25, -0.2) is 0 Å². The standard InChI is InChI=1S/C22H24N2O5/c25-19(17-5-9-23-13-17)14-1-3-16(4-2-14)21(26)24-10-6-15(7-11-24)20-18(22(27)28)8-12-29-20/h1-5,9,13,15,18,20,23H,6-8,10-12H2,(H,27,28)/t18?,20-/m0/s1. The molecule has 2 aliphatic rings. The monoisotopic (exact) mass is 396 g/mol. The Morgan fingerprint density at radius 3 is 2.28 bits per heavy atom. The fraction of sp³-hybridized carbons (Fsp3) is 0.409. The van der Waals surface area contributed by atoms with Crippen LogP contribution in [0.1, 0.15) is 45.5 Å². The SMILES string of the molecule is O=C(c1ccc(C(=O)N2CCC([C@@H]3OCCC3C(=O)O)CC2)cc1)c1cc[nH]c1. The first-order valence-corrected chi connectivity index (χ1v) is 9.96. The number of rotatable bonds is 5. The first-order valence-electron chi connectivity index (χ1n) is 9.96. The number of H-pyrrole nitrogens is 1. The Labute approximate surface area is 168 Å². The third kappa shape index (κ3) is 3.96. The molecule has 1 aromatic carbocycles. The van der Waals surface area contributed by atoms with E-state index in [1.165, 1.54) is 0 Å². The topological polar surface area (TPSA) is 99.7 Å². The van der Waals surface area contributed by atoms with Crippen LogP contribution in [0.3, 0.4) is 0 Å². The Kier molecular flexibility index (Phi) is 5.49. The first kappa shape index (κ1) is 19.4. The number of likely N-dealkylation sites (tertiary alicyclic amines) is 1. The van der Waals surface area contributed by atoms with Gasteiger partial charge in [0.05, 0.1) is 12.0 Å². The predicted molar refractivity (Wildman–Crippen MR) is 105 cm³/mol. The summed E-state index contributed by atoms with van der Waals surface area (Å²) in [7, 11) is 0. The molecule has 2 N–H and O–H groups in total. The van der Waals surface area contributed by atoms with Crippen LogP contribution in [0.4, 0.5) is 0 Å². The Morgan fingerprint density at radius 2 is 1.66 bits per heavy atom. The number of aromatic nitrogens is 1. The maximum Gasteiger partial charge on any atom is 0.309 e. The minimum Gasteiger partial charge on any atom is -0.481 e. The van der Waals surface area contributed by atoms with Gasteiger partial charge in [0, 0.05) is 48.8 Å². The molecule has 4 rings (SSSR count). The molecule has 7 heteroatoms. The van der Waals surface area contributed by atoms with Gasteiger partial charge in [-0.1, -0.05) is 12.1 Å². The van der Waals surface area contributed by atoms with Gasteiger partial charge in [-0.3, -0.25) is 14.4 Å². The van der Waals surface area contributed by atoms with E-state index in [2.05, 4.69) is 4.98 Å². The molecule has 1 unspecified atom stereocenters. The molecule has 7 nitrogen and oxygen atoms in total. The minimum absolute atomic E-state index is 0.0637. The summed E-state index contributed by atoms with van der Waals surface area (Å²) in [5, 5.41) is 9.35. The highest BCUT2D eigenvalue weighted by Gasteiger charge is 2.40. The molecule has 3 heterocycles. The van der Waals surface area contributed by atoms with Crippen LogP contribution < -0.4 is 0 Å². The number of benzene rings is 1. The Balaban J connectivity index is 1.36. The summed E-state index contributed by atoms with van der Waals surface area (Å²) in [6.45, 7) is 1.66. The number of carboxylic acids is 1. The van der Waals surface area contributed by atoms with Crippen LogP contribution in [0.15, 0.2) is 42.7 Å². The van der Waals surface area contributed by atoms with Crippen molar-refractivity contribution in [2.45, 2.75) is 25.4 Å². The maximum absolute atomic E-state index is 12.8. The Bertz CT molecular complexity index is 882. The van der Waals surface area contributed by atoms with Gasteiger partial charge in [0.15, 0.2) is 5.78 Å². The Hall–Kier alpha value is -2.93. The molecule has 0 saturated carbocycles. The number of hydrogen-bond donors (Lipinski definition) is 2. The van der Waals surface area contributed by atoms with Gasteiger partial charge >= 0.3 is 5.97 Å². The second-order valence-corrected chi connectivity index (χ2v) is 7.70. The van der Waals surface area contributed by atoms with E-state index in [1.54, 1.807) is 47.6 Å². The summed E-state index contributed by atoms with van der Waals surface area (Å²) >= 11 is 0. The van der Waals surface area contributed by atoms with Crippen LogP contribution >= 0.6 is 0 Å². The van der Waals surface area contributed by atoms with Gasteiger partial charge in [0.1, 0.15) is 0 Å². The van der Waals surface area contributed by atoms with Crippen molar-refractivity contribution < 1.29 is 24.2 Å². The zero-order chi connectivity index (χ0) is 20.4. The van der Waals surface area contributed by atoms with Crippen molar-refractivity contribution >= 4 is 17.7 Å². The molecule has 152 valence electrons. The summed E-state index contributed by atoms with van der Waals surface area (Å²) in [4.78, 5) is 41.2. The second kappa shape index (κ2) is 8.21. The summed E-state index contributed by atoms with van der Waals surface area (Å²) in [5.41, 5.74) is 1.67. The number of ether oxygens (including phenoxy) is 1. The highest BCUT2D eigenvalue weighted by atomic mass is 16.5. The van der Waals surface area contributed by atoms with Gasteiger partial charge in [-0.2, -0.15) is 0 Å². The molecular weight excluding hydrogens is 372 g/mol. The fourth-order valence-corrected chi connectivity index (χ4v) is 4.35.